The Morgan fingerprint density at radius 1 is 1.44 bits per heavy atom. The van der Waals surface area contributed by atoms with E-state index in [1.54, 1.807) is 21.4 Å². The number of β-amino-alcohol motifs (C(OH)–C–C–N with tert-alkyl or cyclic N) is 1. The van der Waals surface area contributed by atoms with Crippen molar-refractivity contribution in [2.24, 2.45) is 7.05 Å². The minimum atomic E-state index is -0.572. The zero-order valence-electron chi connectivity index (χ0n) is 13.9. The van der Waals surface area contributed by atoms with E-state index in [0.29, 0.717) is 35.3 Å². The van der Waals surface area contributed by atoms with Crippen LogP contribution in [-0.4, -0.2) is 56.1 Å². The Hall–Kier alpha value is -1.74. The van der Waals surface area contributed by atoms with Crippen LogP contribution in [0.3, 0.4) is 0 Å². The standard InChI is InChI=1S/C16H19ClN4O3S/c1-19-14(10-3-5-11(17)6-4-10)18-21(16(19)25)9-20-8-12(22)7-13(20)15(23)24-2/h3-6,12-13,22H,7-9H2,1-2H3/t12-,13-/m0/s1. The minimum Gasteiger partial charge on any atom is -0.468 e. The predicted octanol–water partition coefficient (Wildman–Crippen LogP) is 1.84. The highest BCUT2D eigenvalue weighted by atomic mass is 35.5. The molecule has 0 radical (unpaired) electrons. The Labute approximate surface area is 155 Å². The number of ether oxygens (including phenoxy) is 1. The molecule has 1 aliphatic heterocycles. The summed E-state index contributed by atoms with van der Waals surface area (Å²) in [5.41, 5.74) is 0.891. The van der Waals surface area contributed by atoms with Crippen molar-refractivity contribution in [2.45, 2.75) is 25.2 Å². The second kappa shape index (κ2) is 7.25. The first-order chi connectivity index (χ1) is 11.9. The van der Waals surface area contributed by atoms with Gasteiger partial charge in [0, 0.05) is 30.6 Å². The van der Waals surface area contributed by atoms with Gasteiger partial charge < -0.3 is 14.4 Å². The molecule has 9 heteroatoms. The van der Waals surface area contributed by atoms with Crippen LogP contribution in [0.5, 0.6) is 0 Å². The molecule has 2 aromatic rings. The lowest BCUT2D eigenvalue weighted by atomic mass is 10.2. The number of carbonyl (C=O) groups excluding carboxylic acids is 1. The zero-order valence-corrected chi connectivity index (χ0v) is 15.5. The van der Waals surface area contributed by atoms with Crippen LogP contribution >= 0.6 is 23.8 Å². The van der Waals surface area contributed by atoms with E-state index in [0.717, 1.165) is 5.56 Å². The van der Waals surface area contributed by atoms with E-state index in [1.165, 1.54) is 7.11 Å². The maximum Gasteiger partial charge on any atom is 0.323 e. The maximum absolute atomic E-state index is 11.9. The number of hydrogen-bond acceptors (Lipinski definition) is 6. The number of carbonyl (C=O) groups is 1. The summed E-state index contributed by atoms with van der Waals surface area (Å²) in [6.45, 7) is 0.672. The topological polar surface area (TPSA) is 72.5 Å². The van der Waals surface area contributed by atoms with Crippen molar-refractivity contribution in [3.05, 3.63) is 34.1 Å². The summed E-state index contributed by atoms with van der Waals surface area (Å²) in [6, 6.07) is 6.84. The first-order valence-corrected chi connectivity index (χ1v) is 8.59. The smallest absolute Gasteiger partial charge is 0.323 e. The first-order valence-electron chi connectivity index (χ1n) is 7.80. The molecule has 1 fully saturated rings. The number of likely N-dealkylation sites (tertiary alicyclic amines) is 1. The Bertz CT molecular complexity index is 833. The van der Waals surface area contributed by atoms with Gasteiger partial charge in [-0.05, 0) is 36.5 Å². The van der Waals surface area contributed by atoms with Crippen LogP contribution in [0.25, 0.3) is 11.4 Å². The van der Waals surface area contributed by atoms with Crippen LogP contribution in [0.1, 0.15) is 6.42 Å². The SMILES string of the molecule is COC(=O)[C@@H]1C[C@H](O)CN1Cn1nc(-c2ccc(Cl)cc2)n(C)c1=S. The van der Waals surface area contributed by atoms with Crippen LogP contribution in [0.4, 0.5) is 0 Å². The summed E-state index contributed by atoms with van der Waals surface area (Å²) in [5, 5.41) is 15.1. The molecule has 1 aromatic carbocycles. The molecule has 0 aliphatic carbocycles. The fourth-order valence-corrected chi connectivity index (χ4v) is 3.33. The number of methoxy groups -OCH3 is 1. The normalized spacial score (nSPS) is 20.8. The fourth-order valence-electron chi connectivity index (χ4n) is 3.02. The van der Waals surface area contributed by atoms with Crippen LogP contribution in [0.15, 0.2) is 24.3 Å². The number of aliphatic hydroxyl groups is 1. The zero-order chi connectivity index (χ0) is 18.1. The van der Waals surface area contributed by atoms with Crippen molar-refractivity contribution in [2.75, 3.05) is 13.7 Å². The van der Waals surface area contributed by atoms with Gasteiger partial charge in [0.05, 0.1) is 19.9 Å². The molecule has 25 heavy (non-hydrogen) atoms. The van der Waals surface area contributed by atoms with E-state index in [2.05, 4.69) is 5.10 Å². The monoisotopic (exact) mass is 382 g/mol. The average Bonchev–Trinajstić information content (AvgIpc) is 3.10. The van der Waals surface area contributed by atoms with E-state index in [9.17, 15) is 9.90 Å². The van der Waals surface area contributed by atoms with Gasteiger partial charge in [-0.3, -0.25) is 9.69 Å². The third-order valence-corrected chi connectivity index (χ3v) is 5.05. The van der Waals surface area contributed by atoms with E-state index < -0.39 is 12.1 Å². The summed E-state index contributed by atoms with van der Waals surface area (Å²) in [5.74, 6) is 0.341. The summed E-state index contributed by atoms with van der Waals surface area (Å²) < 4.78 is 8.80. The van der Waals surface area contributed by atoms with Crippen molar-refractivity contribution in [1.29, 1.82) is 0 Å². The number of hydrogen-bond donors (Lipinski definition) is 1. The molecule has 7 nitrogen and oxygen atoms in total. The first kappa shape index (κ1) is 18.1. The summed E-state index contributed by atoms with van der Waals surface area (Å²) in [4.78, 5) is 13.7. The van der Waals surface area contributed by atoms with Gasteiger partial charge in [-0.15, -0.1) is 0 Å². The van der Waals surface area contributed by atoms with Gasteiger partial charge in [-0.25, -0.2) is 4.68 Å². The largest absolute Gasteiger partial charge is 0.468 e. The Kier molecular flexibility index (Phi) is 5.24. The molecule has 2 atom stereocenters. The molecule has 2 heterocycles. The molecule has 0 unspecified atom stereocenters. The highest BCUT2D eigenvalue weighted by molar-refractivity contribution is 7.71. The van der Waals surface area contributed by atoms with Gasteiger partial charge in [0.15, 0.2) is 10.6 Å². The van der Waals surface area contributed by atoms with E-state index in [-0.39, 0.29) is 5.97 Å². The highest BCUT2D eigenvalue weighted by Gasteiger charge is 2.37. The van der Waals surface area contributed by atoms with Gasteiger partial charge in [0.25, 0.3) is 0 Å². The molecule has 0 spiro atoms. The molecule has 0 amide bonds. The van der Waals surface area contributed by atoms with Crippen LogP contribution in [0, 0.1) is 4.77 Å². The molecule has 1 saturated heterocycles. The number of esters is 1. The highest BCUT2D eigenvalue weighted by Crippen LogP contribution is 2.22. The van der Waals surface area contributed by atoms with Gasteiger partial charge in [0.1, 0.15) is 6.04 Å². The van der Waals surface area contributed by atoms with Crippen molar-refractivity contribution in [1.82, 2.24) is 19.2 Å². The van der Waals surface area contributed by atoms with E-state index in [4.69, 9.17) is 28.6 Å². The lowest BCUT2D eigenvalue weighted by Crippen LogP contribution is -2.38. The Morgan fingerprint density at radius 3 is 2.76 bits per heavy atom. The second-order valence-corrected chi connectivity index (χ2v) is 6.81. The molecule has 1 N–H and O–H groups in total. The third kappa shape index (κ3) is 3.62. The maximum atomic E-state index is 11.9. The molecule has 3 rings (SSSR count). The number of aromatic nitrogens is 3. The van der Waals surface area contributed by atoms with E-state index >= 15 is 0 Å². The third-order valence-electron chi connectivity index (χ3n) is 4.31. The molecule has 1 aliphatic rings. The number of nitrogens with zero attached hydrogens (tertiary/aromatic N) is 4. The summed E-state index contributed by atoms with van der Waals surface area (Å²) in [7, 11) is 3.18. The molecule has 1 aromatic heterocycles. The number of rotatable bonds is 4. The number of benzene rings is 1. The molecule has 0 saturated carbocycles. The lowest BCUT2D eigenvalue weighted by molar-refractivity contribution is -0.146. The minimum absolute atomic E-state index is 0.303. The van der Waals surface area contributed by atoms with Crippen LogP contribution in [-0.2, 0) is 23.2 Å². The Balaban J connectivity index is 1.88. The second-order valence-electron chi connectivity index (χ2n) is 6.01. The van der Waals surface area contributed by atoms with Crippen LogP contribution in [0.2, 0.25) is 5.02 Å². The predicted molar refractivity (Wildman–Crippen MR) is 95.6 cm³/mol. The average molecular weight is 383 g/mol. The lowest BCUT2D eigenvalue weighted by Gasteiger charge is -2.21. The summed E-state index contributed by atoms with van der Waals surface area (Å²) >= 11 is 11.4. The molecule has 134 valence electrons. The van der Waals surface area contributed by atoms with Gasteiger partial charge >= 0.3 is 5.97 Å². The Morgan fingerprint density at radius 2 is 2.12 bits per heavy atom. The van der Waals surface area contributed by atoms with Gasteiger partial charge in [0.2, 0.25) is 0 Å². The van der Waals surface area contributed by atoms with Crippen molar-refractivity contribution in [3.63, 3.8) is 0 Å². The van der Waals surface area contributed by atoms with Gasteiger partial charge in [-0.2, -0.15) is 5.10 Å². The quantitative estimate of drug-likeness (QED) is 0.642. The van der Waals surface area contributed by atoms with Gasteiger partial charge in [-0.1, -0.05) is 11.6 Å². The van der Waals surface area contributed by atoms with Crippen molar-refractivity contribution in [3.8, 4) is 11.4 Å². The van der Waals surface area contributed by atoms with Crippen LogP contribution < -0.4 is 0 Å². The number of halogens is 1. The molecular weight excluding hydrogens is 364 g/mol. The molecule has 0 bridgehead atoms. The number of aliphatic hydroxyl groups excluding tert-OH is 1. The van der Waals surface area contributed by atoms with E-state index in [1.807, 2.05) is 24.1 Å². The fraction of sp³-hybridized carbons (Fsp3) is 0.438. The summed E-state index contributed by atoms with van der Waals surface area (Å²) in [6.07, 6.45) is -0.227. The van der Waals surface area contributed by atoms with Crippen molar-refractivity contribution >= 4 is 29.8 Å². The molecular formula is C16H19ClN4O3S. The van der Waals surface area contributed by atoms with Crippen molar-refractivity contribution < 1.29 is 14.6 Å².